The summed E-state index contributed by atoms with van der Waals surface area (Å²) in [6.07, 6.45) is 0.913. The van der Waals surface area contributed by atoms with Crippen LogP contribution in [-0.2, 0) is 13.1 Å². The molecule has 32 heavy (non-hydrogen) atoms. The fourth-order valence-corrected chi connectivity index (χ4v) is 3.70. The lowest BCUT2D eigenvalue weighted by molar-refractivity contribution is 0.109. The van der Waals surface area contributed by atoms with Gasteiger partial charge in [-0.3, -0.25) is 9.80 Å². The maximum atomic E-state index is 10.1. The number of aliphatic hydroxyl groups excluding tert-OH is 2. The van der Waals surface area contributed by atoms with Gasteiger partial charge >= 0.3 is 0 Å². The molecule has 0 bridgehead atoms. The van der Waals surface area contributed by atoms with E-state index in [1.54, 1.807) is 0 Å². The highest BCUT2D eigenvalue weighted by Gasteiger charge is 2.13. The summed E-state index contributed by atoms with van der Waals surface area (Å²) in [5.74, 6) is 0. The van der Waals surface area contributed by atoms with E-state index in [0.29, 0.717) is 19.5 Å². The standard InChI is InChI=1S/C26H34N4O2/c27-15-13-26(32)22-30(21-24-11-5-2-6-12-24)17-8-7-16-29(18-14-25(31)19-28)20-23-9-3-1-4-10-23/h1-6,9-12,25-26,31-32H,7-8,13-14,16-18,20-22H2. The first-order valence-electron chi connectivity index (χ1n) is 11.3. The number of nitrogens with zero attached hydrogens (tertiary/aromatic N) is 4. The Morgan fingerprint density at radius 2 is 1.28 bits per heavy atom. The molecule has 170 valence electrons. The fraction of sp³-hybridized carbons (Fsp3) is 0.462. The highest BCUT2D eigenvalue weighted by Crippen LogP contribution is 2.11. The Labute approximate surface area is 191 Å². The molecule has 0 heterocycles. The summed E-state index contributed by atoms with van der Waals surface area (Å²) in [6, 6.07) is 24.3. The molecule has 2 unspecified atom stereocenters. The summed E-state index contributed by atoms with van der Waals surface area (Å²) in [4.78, 5) is 4.49. The smallest absolute Gasteiger partial charge is 0.141 e. The molecule has 6 heteroatoms. The summed E-state index contributed by atoms with van der Waals surface area (Å²) in [7, 11) is 0. The van der Waals surface area contributed by atoms with E-state index < -0.39 is 12.2 Å². The molecule has 0 aliphatic heterocycles. The zero-order valence-corrected chi connectivity index (χ0v) is 18.7. The average molecular weight is 435 g/mol. The fourth-order valence-electron chi connectivity index (χ4n) is 3.70. The molecule has 2 atom stereocenters. The van der Waals surface area contributed by atoms with Gasteiger partial charge in [0.05, 0.1) is 24.7 Å². The molecule has 2 aromatic rings. The van der Waals surface area contributed by atoms with Gasteiger partial charge in [-0.2, -0.15) is 10.5 Å². The summed E-state index contributed by atoms with van der Waals surface area (Å²) in [6.45, 7) is 4.37. The molecular weight excluding hydrogens is 400 g/mol. The highest BCUT2D eigenvalue weighted by molar-refractivity contribution is 5.15. The van der Waals surface area contributed by atoms with Crippen molar-refractivity contribution in [1.82, 2.24) is 9.80 Å². The number of aliphatic hydroxyl groups is 2. The van der Waals surface area contributed by atoms with Crippen LogP contribution in [0.4, 0.5) is 0 Å². The molecule has 0 saturated carbocycles. The van der Waals surface area contributed by atoms with Gasteiger partial charge in [-0.1, -0.05) is 60.7 Å². The molecule has 6 nitrogen and oxygen atoms in total. The minimum Gasteiger partial charge on any atom is -0.391 e. The van der Waals surface area contributed by atoms with Crippen molar-refractivity contribution >= 4 is 0 Å². The van der Waals surface area contributed by atoms with Crippen LogP contribution in [0.1, 0.15) is 36.8 Å². The topological polar surface area (TPSA) is 94.5 Å². The summed E-state index contributed by atoms with van der Waals surface area (Å²) < 4.78 is 0. The van der Waals surface area contributed by atoms with Crippen LogP contribution >= 0.6 is 0 Å². The van der Waals surface area contributed by atoms with E-state index in [4.69, 9.17) is 10.5 Å². The van der Waals surface area contributed by atoms with Crippen LogP contribution < -0.4 is 0 Å². The normalized spacial score (nSPS) is 12.9. The van der Waals surface area contributed by atoms with E-state index >= 15 is 0 Å². The molecule has 2 aromatic carbocycles. The average Bonchev–Trinajstić information content (AvgIpc) is 2.81. The van der Waals surface area contributed by atoms with E-state index in [9.17, 15) is 10.2 Å². The van der Waals surface area contributed by atoms with Crippen LogP contribution in [0.3, 0.4) is 0 Å². The van der Waals surface area contributed by atoms with Crippen molar-refractivity contribution in [2.24, 2.45) is 0 Å². The lowest BCUT2D eigenvalue weighted by atomic mass is 10.1. The molecule has 0 aliphatic rings. The highest BCUT2D eigenvalue weighted by atomic mass is 16.3. The predicted molar refractivity (Wildman–Crippen MR) is 125 cm³/mol. The van der Waals surface area contributed by atoms with Crippen molar-refractivity contribution in [3.63, 3.8) is 0 Å². The Hall–Kier alpha value is -2.74. The number of hydrogen-bond donors (Lipinski definition) is 2. The number of nitriles is 2. The Morgan fingerprint density at radius 1 is 0.750 bits per heavy atom. The molecule has 0 aromatic heterocycles. The minimum absolute atomic E-state index is 0.136. The maximum Gasteiger partial charge on any atom is 0.141 e. The van der Waals surface area contributed by atoms with E-state index in [1.165, 1.54) is 11.1 Å². The third-order valence-electron chi connectivity index (χ3n) is 5.36. The first-order chi connectivity index (χ1) is 15.6. The van der Waals surface area contributed by atoms with Crippen LogP contribution in [0, 0.1) is 22.7 Å². The lowest BCUT2D eigenvalue weighted by Crippen LogP contribution is -2.33. The SMILES string of the molecule is N#CCC(O)CN(CCCCN(CCC(O)C#N)Cc1ccccc1)Cc1ccccc1. The third-order valence-corrected chi connectivity index (χ3v) is 5.36. The Kier molecular flexibility index (Phi) is 12.1. The van der Waals surface area contributed by atoms with E-state index in [1.807, 2.05) is 48.5 Å². The Balaban J connectivity index is 1.87. The van der Waals surface area contributed by atoms with Crippen molar-refractivity contribution in [3.8, 4) is 12.1 Å². The van der Waals surface area contributed by atoms with Gasteiger partial charge in [0.25, 0.3) is 0 Å². The third kappa shape index (κ3) is 10.5. The van der Waals surface area contributed by atoms with Gasteiger partial charge in [0.2, 0.25) is 0 Å². The molecular formula is C26H34N4O2. The lowest BCUT2D eigenvalue weighted by Gasteiger charge is -2.26. The van der Waals surface area contributed by atoms with Crippen molar-refractivity contribution in [2.75, 3.05) is 26.2 Å². The number of hydrogen-bond acceptors (Lipinski definition) is 6. The molecule has 0 aliphatic carbocycles. The molecule has 0 radical (unpaired) electrons. The van der Waals surface area contributed by atoms with Gasteiger partial charge < -0.3 is 10.2 Å². The van der Waals surface area contributed by atoms with Gasteiger partial charge in [0.15, 0.2) is 0 Å². The zero-order valence-electron chi connectivity index (χ0n) is 18.7. The molecule has 0 fully saturated rings. The van der Waals surface area contributed by atoms with Crippen molar-refractivity contribution < 1.29 is 10.2 Å². The van der Waals surface area contributed by atoms with Gasteiger partial charge in [0, 0.05) is 26.2 Å². The molecule has 2 rings (SSSR count). The maximum absolute atomic E-state index is 10.1. The minimum atomic E-state index is -0.934. The molecule has 2 N–H and O–H groups in total. The predicted octanol–water partition coefficient (Wildman–Crippen LogP) is 3.32. The van der Waals surface area contributed by atoms with E-state index in [2.05, 4.69) is 34.1 Å². The first-order valence-corrected chi connectivity index (χ1v) is 11.3. The summed E-state index contributed by atoms with van der Waals surface area (Å²) >= 11 is 0. The number of unbranched alkanes of at least 4 members (excludes halogenated alkanes) is 1. The monoisotopic (exact) mass is 434 g/mol. The second kappa shape index (κ2) is 15.1. The number of benzene rings is 2. The van der Waals surface area contributed by atoms with Crippen LogP contribution in [-0.4, -0.2) is 58.4 Å². The van der Waals surface area contributed by atoms with E-state index in [0.717, 1.165) is 39.0 Å². The molecule has 0 saturated heterocycles. The largest absolute Gasteiger partial charge is 0.391 e. The quantitative estimate of drug-likeness (QED) is 0.330. The molecule has 0 amide bonds. The second-order valence-corrected chi connectivity index (χ2v) is 8.14. The summed E-state index contributed by atoms with van der Waals surface area (Å²) in [5, 5.41) is 37.5. The number of rotatable bonds is 15. The van der Waals surface area contributed by atoms with E-state index in [-0.39, 0.29) is 6.42 Å². The Morgan fingerprint density at radius 3 is 1.81 bits per heavy atom. The zero-order chi connectivity index (χ0) is 23.0. The van der Waals surface area contributed by atoms with Gasteiger partial charge in [-0.05, 0) is 43.5 Å². The van der Waals surface area contributed by atoms with Gasteiger partial charge in [0.1, 0.15) is 6.10 Å². The Bertz CT molecular complexity index is 832. The van der Waals surface area contributed by atoms with Crippen LogP contribution in [0.25, 0.3) is 0 Å². The van der Waals surface area contributed by atoms with Crippen LogP contribution in [0.15, 0.2) is 60.7 Å². The van der Waals surface area contributed by atoms with Crippen molar-refractivity contribution in [2.45, 2.75) is 51.0 Å². The van der Waals surface area contributed by atoms with Gasteiger partial charge in [-0.25, -0.2) is 0 Å². The molecule has 0 spiro atoms. The second-order valence-electron chi connectivity index (χ2n) is 8.14. The van der Waals surface area contributed by atoms with Crippen LogP contribution in [0.2, 0.25) is 0 Å². The van der Waals surface area contributed by atoms with Crippen molar-refractivity contribution in [3.05, 3.63) is 71.8 Å². The van der Waals surface area contributed by atoms with Crippen LogP contribution in [0.5, 0.6) is 0 Å². The first kappa shape index (κ1) is 25.5. The summed E-state index contributed by atoms with van der Waals surface area (Å²) in [5.41, 5.74) is 2.40. The van der Waals surface area contributed by atoms with Gasteiger partial charge in [-0.15, -0.1) is 0 Å². The van der Waals surface area contributed by atoms with Crippen molar-refractivity contribution in [1.29, 1.82) is 10.5 Å².